The zero-order valence-corrected chi connectivity index (χ0v) is 10.4. The highest BCUT2D eigenvalue weighted by atomic mass is 16.2. The topological polar surface area (TPSA) is 32.3 Å². The molecule has 0 bridgehead atoms. The normalized spacial score (nSPS) is 29.9. The van der Waals surface area contributed by atoms with Crippen LogP contribution in [0.2, 0.25) is 0 Å². The van der Waals surface area contributed by atoms with E-state index in [9.17, 15) is 4.79 Å². The Morgan fingerprint density at radius 1 is 1.25 bits per heavy atom. The van der Waals surface area contributed by atoms with Crippen LogP contribution in [0.25, 0.3) is 0 Å². The van der Waals surface area contributed by atoms with Gasteiger partial charge in [-0.1, -0.05) is 19.8 Å². The van der Waals surface area contributed by atoms with Crippen LogP contribution in [0, 0.1) is 5.92 Å². The van der Waals surface area contributed by atoms with Gasteiger partial charge in [0.2, 0.25) is 5.91 Å². The third-order valence-electron chi connectivity index (χ3n) is 4.09. The van der Waals surface area contributed by atoms with Gasteiger partial charge < -0.3 is 10.2 Å². The maximum Gasteiger partial charge on any atom is 0.236 e. The molecule has 0 spiro atoms. The molecule has 2 fully saturated rings. The standard InChI is InChI=1S/C13H24N2O/c1-2-14-10-13(16)15-9-5-7-11-6-3-4-8-12(11)15/h11-12,14H,2-10H2,1H3. The first-order valence-corrected chi connectivity index (χ1v) is 6.83. The molecule has 2 atom stereocenters. The Morgan fingerprint density at radius 3 is 2.81 bits per heavy atom. The minimum Gasteiger partial charge on any atom is -0.338 e. The highest BCUT2D eigenvalue weighted by Gasteiger charge is 2.35. The van der Waals surface area contributed by atoms with Crippen molar-refractivity contribution in [2.45, 2.75) is 51.5 Å². The van der Waals surface area contributed by atoms with Crippen LogP contribution < -0.4 is 5.32 Å². The third-order valence-corrected chi connectivity index (χ3v) is 4.09. The van der Waals surface area contributed by atoms with Crippen molar-refractivity contribution in [1.29, 1.82) is 0 Å². The monoisotopic (exact) mass is 224 g/mol. The van der Waals surface area contributed by atoms with E-state index < -0.39 is 0 Å². The van der Waals surface area contributed by atoms with E-state index in [1.165, 1.54) is 38.5 Å². The van der Waals surface area contributed by atoms with Crippen molar-refractivity contribution in [3.8, 4) is 0 Å². The molecular weight excluding hydrogens is 200 g/mol. The number of amides is 1. The summed E-state index contributed by atoms with van der Waals surface area (Å²) in [6.45, 7) is 4.45. The van der Waals surface area contributed by atoms with Gasteiger partial charge >= 0.3 is 0 Å². The predicted octanol–water partition coefficient (Wildman–Crippen LogP) is 1.78. The average Bonchev–Trinajstić information content (AvgIpc) is 2.35. The van der Waals surface area contributed by atoms with Crippen LogP contribution in [0.4, 0.5) is 0 Å². The Hall–Kier alpha value is -0.570. The molecule has 2 rings (SSSR count). The van der Waals surface area contributed by atoms with Crippen molar-refractivity contribution in [2.75, 3.05) is 19.6 Å². The van der Waals surface area contributed by atoms with Crippen molar-refractivity contribution >= 4 is 5.91 Å². The maximum atomic E-state index is 12.1. The highest BCUT2D eigenvalue weighted by molar-refractivity contribution is 5.78. The fourth-order valence-electron chi connectivity index (χ4n) is 3.27. The molecule has 1 saturated carbocycles. The average molecular weight is 224 g/mol. The summed E-state index contributed by atoms with van der Waals surface area (Å²) in [5.74, 6) is 1.12. The second-order valence-corrected chi connectivity index (χ2v) is 5.12. The van der Waals surface area contributed by atoms with Crippen molar-refractivity contribution in [2.24, 2.45) is 5.92 Å². The fourth-order valence-corrected chi connectivity index (χ4v) is 3.27. The van der Waals surface area contributed by atoms with Crippen molar-refractivity contribution in [3.63, 3.8) is 0 Å². The summed E-state index contributed by atoms with van der Waals surface area (Å²) in [6.07, 6.45) is 7.81. The van der Waals surface area contributed by atoms with Gasteiger partial charge in [0.25, 0.3) is 0 Å². The molecular formula is C13H24N2O. The number of carbonyl (C=O) groups excluding carboxylic acids is 1. The summed E-state index contributed by atoms with van der Waals surface area (Å²) < 4.78 is 0. The predicted molar refractivity (Wildman–Crippen MR) is 65.2 cm³/mol. The van der Waals surface area contributed by atoms with Crippen LogP contribution in [0.5, 0.6) is 0 Å². The van der Waals surface area contributed by atoms with Gasteiger partial charge in [-0.25, -0.2) is 0 Å². The minimum absolute atomic E-state index is 0.318. The van der Waals surface area contributed by atoms with Gasteiger partial charge in [-0.05, 0) is 38.1 Å². The number of hydrogen-bond donors (Lipinski definition) is 1. The van der Waals surface area contributed by atoms with E-state index in [0.29, 0.717) is 18.5 Å². The van der Waals surface area contributed by atoms with Crippen LogP contribution in [0.3, 0.4) is 0 Å². The Labute approximate surface area is 98.6 Å². The van der Waals surface area contributed by atoms with Gasteiger partial charge in [0, 0.05) is 12.6 Å². The summed E-state index contributed by atoms with van der Waals surface area (Å²) in [5.41, 5.74) is 0. The third kappa shape index (κ3) is 2.57. The number of nitrogens with one attached hydrogen (secondary N) is 1. The molecule has 1 saturated heterocycles. The molecule has 16 heavy (non-hydrogen) atoms. The van der Waals surface area contributed by atoms with Gasteiger partial charge in [0.05, 0.1) is 6.54 Å². The van der Waals surface area contributed by atoms with Crippen LogP contribution >= 0.6 is 0 Å². The molecule has 1 heterocycles. The molecule has 3 heteroatoms. The van der Waals surface area contributed by atoms with Crippen molar-refractivity contribution < 1.29 is 4.79 Å². The Kier molecular flexibility index (Phi) is 4.22. The molecule has 3 nitrogen and oxygen atoms in total. The van der Waals surface area contributed by atoms with Crippen molar-refractivity contribution in [1.82, 2.24) is 10.2 Å². The lowest BCUT2D eigenvalue weighted by molar-refractivity contribution is -0.136. The number of carbonyl (C=O) groups is 1. The molecule has 1 aliphatic heterocycles. The molecule has 92 valence electrons. The molecule has 1 aliphatic carbocycles. The highest BCUT2D eigenvalue weighted by Crippen LogP contribution is 2.35. The smallest absolute Gasteiger partial charge is 0.236 e. The minimum atomic E-state index is 0.318. The second-order valence-electron chi connectivity index (χ2n) is 5.12. The first kappa shape index (κ1) is 11.9. The van der Waals surface area contributed by atoms with Crippen molar-refractivity contribution in [3.05, 3.63) is 0 Å². The zero-order chi connectivity index (χ0) is 11.4. The van der Waals surface area contributed by atoms with Gasteiger partial charge in [0.1, 0.15) is 0 Å². The quantitative estimate of drug-likeness (QED) is 0.792. The van der Waals surface area contributed by atoms with E-state index >= 15 is 0 Å². The number of fused-ring (bicyclic) bond motifs is 1. The summed E-state index contributed by atoms with van der Waals surface area (Å²) >= 11 is 0. The molecule has 1 N–H and O–H groups in total. The molecule has 1 amide bonds. The first-order valence-electron chi connectivity index (χ1n) is 6.83. The number of likely N-dealkylation sites (N-methyl/N-ethyl adjacent to an activating group) is 1. The lowest BCUT2D eigenvalue weighted by Gasteiger charge is -2.44. The number of hydrogen-bond acceptors (Lipinski definition) is 2. The van der Waals surface area contributed by atoms with Crippen LogP contribution in [0.1, 0.15) is 45.4 Å². The van der Waals surface area contributed by atoms with Gasteiger partial charge in [-0.2, -0.15) is 0 Å². The zero-order valence-electron chi connectivity index (χ0n) is 10.4. The molecule has 0 radical (unpaired) electrons. The molecule has 0 aromatic heterocycles. The Balaban J connectivity index is 1.93. The number of rotatable bonds is 3. The number of likely N-dealkylation sites (tertiary alicyclic amines) is 1. The van der Waals surface area contributed by atoms with E-state index in [4.69, 9.17) is 0 Å². The van der Waals surface area contributed by atoms with Gasteiger partial charge in [0.15, 0.2) is 0 Å². The summed E-state index contributed by atoms with van der Waals surface area (Å²) in [5, 5.41) is 3.15. The first-order chi connectivity index (χ1) is 7.83. The largest absolute Gasteiger partial charge is 0.338 e. The van der Waals surface area contributed by atoms with Crippen LogP contribution in [-0.2, 0) is 4.79 Å². The SMILES string of the molecule is CCNCC(=O)N1CCCC2CCCCC21. The summed E-state index contributed by atoms with van der Waals surface area (Å²) in [4.78, 5) is 14.2. The molecule has 2 unspecified atom stereocenters. The van der Waals surface area contributed by atoms with E-state index in [0.717, 1.165) is 19.0 Å². The molecule has 0 aromatic carbocycles. The van der Waals surface area contributed by atoms with E-state index in [1.54, 1.807) is 0 Å². The summed E-state index contributed by atoms with van der Waals surface area (Å²) in [6, 6.07) is 0.564. The lowest BCUT2D eigenvalue weighted by Crippen LogP contribution is -2.51. The Bertz CT molecular complexity index is 240. The molecule has 0 aromatic rings. The lowest BCUT2D eigenvalue weighted by atomic mass is 9.78. The van der Waals surface area contributed by atoms with E-state index in [-0.39, 0.29) is 0 Å². The number of piperidine rings is 1. The fraction of sp³-hybridized carbons (Fsp3) is 0.923. The maximum absolute atomic E-state index is 12.1. The number of nitrogens with zero attached hydrogens (tertiary/aromatic N) is 1. The summed E-state index contributed by atoms with van der Waals surface area (Å²) in [7, 11) is 0. The van der Waals surface area contributed by atoms with Gasteiger partial charge in [-0.3, -0.25) is 4.79 Å². The van der Waals surface area contributed by atoms with E-state index in [1.807, 2.05) is 6.92 Å². The van der Waals surface area contributed by atoms with Crippen LogP contribution in [-0.4, -0.2) is 36.5 Å². The van der Waals surface area contributed by atoms with E-state index in [2.05, 4.69) is 10.2 Å². The Morgan fingerprint density at radius 2 is 2.00 bits per heavy atom. The van der Waals surface area contributed by atoms with Gasteiger partial charge in [-0.15, -0.1) is 0 Å². The molecule has 2 aliphatic rings. The van der Waals surface area contributed by atoms with Crippen LogP contribution in [0.15, 0.2) is 0 Å². The second kappa shape index (κ2) is 5.67.